The van der Waals surface area contributed by atoms with Gasteiger partial charge in [0.25, 0.3) is 5.56 Å². The Morgan fingerprint density at radius 2 is 1.80 bits per heavy atom. The molecule has 3 heterocycles. The first kappa shape index (κ1) is 29.7. The predicted molar refractivity (Wildman–Crippen MR) is 176 cm³/mol. The van der Waals surface area contributed by atoms with Crippen molar-refractivity contribution in [1.82, 2.24) is 9.55 Å². The lowest BCUT2D eigenvalue weighted by atomic mass is 9.95. The van der Waals surface area contributed by atoms with Crippen LogP contribution in [0.5, 0.6) is 11.5 Å². The summed E-state index contributed by atoms with van der Waals surface area (Å²) in [5, 5.41) is 0.914. The summed E-state index contributed by atoms with van der Waals surface area (Å²) in [6.45, 7) is 5.35. The number of nitrogens with zero attached hydrogens (tertiary/aromatic N) is 2. The predicted octanol–water partition coefficient (Wildman–Crippen LogP) is 6.11. The van der Waals surface area contributed by atoms with E-state index < -0.39 is 12.0 Å². The fourth-order valence-electron chi connectivity index (χ4n) is 5.57. The number of rotatable bonds is 7. The Morgan fingerprint density at radius 1 is 1.05 bits per heavy atom. The van der Waals surface area contributed by atoms with Crippen molar-refractivity contribution in [1.29, 1.82) is 0 Å². The van der Waals surface area contributed by atoms with Crippen molar-refractivity contribution in [3.63, 3.8) is 0 Å². The molecule has 0 spiro atoms. The first-order valence-corrected chi connectivity index (χ1v) is 15.6. The normalized spacial score (nSPS) is 15.0. The van der Waals surface area contributed by atoms with Crippen LogP contribution >= 0.6 is 27.3 Å². The SMILES string of the molecule is COc1ccc(Br)cc1[C@H]1C(C(=O)OC(C)C)=C(C)N=c2s/c(=C\c3c(-c4ccccc4)[nH]c4c(OC)cccc34)c(=O)n21. The average molecular weight is 673 g/mol. The van der Waals surface area contributed by atoms with E-state index in [2.05, 4.69) is 20.9 Å². The Hall–Kier alpha value is -4.41. The van der Waals surface area contributed by atoms with E-state index >= 15 is 0 Å². The number of fused-ring (bicyclic) bond motifs is 2. The van der Waals surface area contributed by atoms with Crippen molar-refractivity contribution in [3.8, 4) is 22.8 Å². The molecule has 0 aliphatic carbocycles. The van der Waals surface area contributed by atoms with Crippen LogP contribution in [0.25, 0.3) is 28.2 Å². The van der Waals surface area contributed by atoms with Gasteiger partial charge in [0, 0.05) is 21.0 Å². The van der Waals surface area contributed by atoms with Crippen molar-refractivity contribution < 1.29 is 19.0 Å². The van der Waals surface area contributed by atoms with Gasteiger partial charge in [-0.05, 0) is 56.7 Å². The molecule has 44 heavy (non-hydrogen) atoms. The van der Waals surface area contributed by atoms with Gasteiger partial charge in [0.2, 0.25) is 0 Å². The van der Waals surface area contributed by atoms with Gasteiger partial charge in [-0.2, -0.15) is 0 Å². The number of aromatic amines is 1. The number of benzene rings is 3. The van der Waals surface area contributed by atoms with Crippen LogP contribution in [-0.4, -0.2) is 35.8 Å². The number of hydrogen-bond acceptors (Lipinski definition) is 7. The number of allylic oxidation sites excluding steroid dienone is 1. The number of carbonyl (C=O) groups excluding carboxylic acids is 1. The number of carbonyl (C=O) groups is 1. The molecule has 0 saturated heterocycles. The number of hydrogen-bond donors (Lipinski definition) is 1. The van der Waals surface area contributed by atoms with Gasteiger partial charge in [-0.3, -0.25) is 9.36 Å². The van der Waals surface area contributed by atoms with Gasteiger partial charge in [0.05, 0.1) is 47.3 Å². The van der Waals surface area contributed by atoms with E-state index in [-0.39, 0.29) is 17.2 Å². The zero-order chi connectivity index (χ0) is 31.1. The molecule has 8 nitrogen and oxygen atoms in total. The Kier molecular flexibility index (Phi) is 8.04. The first-order valence-electron chi connectivity index (χ1n) is 14.0. The molecule has 10 heteroatoms. The summed E-state index contributed by atoms with van der Waals surface area (Å²) in [4.78, 5) is 36.7. The first-order chi connectivity index (χ1) is 21.2. The number of ether oxygens (including phenoxy) is 3. The molecule has 224 valence electrons. The largest absolute Gasteiger partial charge is 0.496 e. The highest BCUT2D eigenvalue weighted by atomic mass is 79.9. The summed E-state index contributed by atoms with van der Waals surface area (Å²) in [6, 6.07) is 20.5. The van der Waals surface area contributed by atoms with Gasteiger partial charge in [-0.15, -0.1) is 0 Å². The molecule has 0 amide bonds. The molecule has 1 aliphatic heterocycles. The van der Waals surface area contributed by atoms with E-state index in [1.165, 1.54) is 11.3 Å². The Morgan fingerprint density at radius 3 is 2.50 bits per heavy atom. The van der Waals surface area contributed by atoms with Crippen molar-refractivity contribution in [2.24, 2.45) is 4.99 Å². The van der Waals surface area contributed by atoms with Gasteiger partial charge in [0.1, 0.15) is 17.5 Å². The lowest BCUT2D eigenvalue weighted by molar-refractivity contribution is -0.143. The molecule has 0 unspecified atom stereocenters. The van der Waals surface area contributed by atoms with Gasteiger partial charge in [-0.1, -0.05) is 69.7 Å². The van der Waals surface area contributed by atoms with Crippen molar-refractivity contribution >= 4 is 50.2 Å². The number of halogens is 1. The Bertz CT molecular complexity index is 2130. The van der Waals surface area contributed by atoms with Crippen LogP contribution in [0.3, 0.4) is 0 Å². The molecular formula is C34H30BrN3O5S. The maximum absolute atomic E-state index is 14.4. The molecule has 0 bridgehead atoms. The average Bonchev–Trinajstić information content (AvgIpc) is 3.53. The van der Waals surface area contributed by atoms with E-state index in [1.54, 1.807) is 39.6 Å². The van der Waals surface area contributed by atoms with Gasteiger partial charge >= 0.3 is 5.97 Å². The second-order valence-electron chi connectivity index (χ2n) is 10.6. The number of thiazole rings is 1. The highest BCUT2D eigenvalue weighted by Gasteiger charge is 2.35. The number of para-hydroxylation sites is 1. The highest BCUT2D eigenvalue weighted by Crippen LogP contribution is 2.38. The van der Waals surface area contributed by atoms with Crippen LogP contribution in [0.15, 0.2) is 92.3 Å². The molecule has 5 aromatic rings. The lowest BCUT2D eigenvalue weighted by Crippen LogP contribution is -2.40. The molecule has 0 saturated carbocycles. The minimum Gasteiger partial charge on any atom is -0.496 e. The number of methoxy groups -OCH3 is 2. The standard InChI is InChI=1S/C34H30BrN3O5S/c1-18(2)43-33(40)28-19(3)36-34-38(31(28)24-16-21(35)14-15-25(24)41-4)32(39)27(44-34)17-23-22-12-9-13-26(42-5)30(22)37-29(23)20-10-7-6-8-11-20/h6-18,31,37H,1-5H3/b27-17-/t31-/m0/s1. The second kappa shape index (κ2) is 11.9. The lowest BCUT2D eigenvalue weighted by Gasteiger charge is -2.26. The number of esters is 1. The summed E-state index contributed by atoms with van der Waals surface area (Å²) < 4.78 is 19.8. The molecule has 1 N–H and O–H groups in total. The quantitative estimate of drug-likeness (QED) is 0.211. The van der Waals surface area contributed by atoms with Gasteiger partial charge in [-0.25, -0.2) is 9.79 Å². The van der Waals surface area contributed by atoms with Crippen LogP contribution in [0.1, 0.15) is 37.9 Å². The van der Waals surface area contributed by atoms with E-state index in [9.17, 15) is 9.59 Å². The van der Waals surface area contributed by atoms with Crippen molar-refractivity contribution in [2.45, 2.75) is 32.9 Å². The number of H-pyrrole nitrogens is 1. The summed E-state index contributed by atoms with van der Waals surface area (Å²) in [5.74, 6) is 0.705. The fraction of sp³-hybridized carbons (Fsp3) is 0.206. The number of aromatic nitrogens is 2. The zero-order valence-corrected chi connectivity index (χ0v) is 27.2. The maximum Gasteiger partial charge on any atom is 0.338 e. The van der Waals surface area contributed by atoms with E-state index in [4.69, 9.17) is 19.2 Å². The molecule has 0 fully saturated rings. The zero-order valence-electron chi connectivity index (χ0n) is 24.8. The second-order valence-corrected chi connectivity index (χ2v) is 12.5. The molecular weight excluding hydrogens is 642 g/mol. The maximum atomic E-state index is 14.4. The van der Waals surface area contributed by atoms with Crippen LogP contribution < -0.4 is 24.4 Å². The third kappa shape index (κ3) is 5.18. The third-order valence-electron chi connectivity index (χ3n) is 7.46. The summed E-state index contributed by atoms with van der Waals surface area (Å²) in [7, 11) is 3.20. The molecule has 0 radical (unpaired) electrons. The monoisotopic (exact) mass is 671 g/mol. The van der Waals surface area contributed by atoms with Crippen LogP contribution in [0, 0.1) is 0 Å². The van der Waals surface area contributed by atoms with Crippen LogP contribution in [-0.2, 0) is 9.53 Å². The number of nitrogens with one attached hydrogen (secondary N) is 1. The van der Waals surface area contributed by atoms with E-state index in [1.807, 2.05) is 72.8 Å². The molecule has 1 aliphatic rings. The molecule has 3 aromatic carbocycles. The Balaban J connectivity index is 1.64. The highest BCUT2D eigenvalue weighted by molar-refractivity contribution is 9.10. The minimum atomic E-state index is -0.816. The van der Waals surface area contributed by atoms with E-state index in [0.29, 0.717) is 32.1 Å². The van der Waals surface area contributed by atoms with Crippen molar-refractivity contribution in [3.05, 3.63) is 113 Å². The molecule has 2 aromatic heterocycles. The fourth-order valence-corrected chi connectivity index (χ4v) is 6.98. The minimum absolute atomic E-state index is 0.278. The molecule has 1 atom stereocenters. The smallest absolute Gasteiger partial charge is 0.338 e. The summed E-state index contributed by atoms with van der Waals surface area (Å²) >= 11 is 4.83. The summed E-state index contributed by atoms with van der Waals surface area (Å²) in [5.41, 5.74) is 4.64. The van der Waals surface area contributed by atoms with Crippen molar-refractivity contribution in [2.75, 3.05) is 14.2 Å². The molecule has 6 rings (SSSR count). The third-order valence-corrected chi connectivity index (χ3v) is 8.94. The van der Waals surface area contributed by atoms with Gasteiger partial charge in [0.15, 0.2) is 4.80 Å². The Labute approximate surface area is 266 Å². The van der Waals surface area contributed by atoms with Gasteiger partial charge < -0.3 is 19.2 Å². The van der Waals surface area contributed by atoms with Crippen LogP contribution in [0.4, 0.5) is 0 Å². The summed E-state index contributed by atoms with van der Waals surface area (Å²) in [6.07, 6.45) is 1.54. The van der Waals surface area contributed by atoms with Crippen LogP contribution in [0.2, 0.25) is 0 Å². The topological polar surface area (TPSA) is 94.9 Å². The van der Waals surface area contributed by atoms with E-state index in [0.717, 1.165) is 32.2 Å².